The summed E-state index contributed by atoms with van der Waals surface area (Å²) in [6.45, 7) is 10.2. The van der Waals surface area contributed by atoms with Crippen molar-refractivity contribution in [2.45, 2.75) is 51.8 Å². The molecule has 0 aromatic carbocycles. The summed E-state index contributed by atoms with van der Waals surface area (Å²) in [5, 5.41) is 12.6. The maximum absolute atomic E-state index is 4.83. The summed E-state index contributed by atoms with van der Waals surface area (Å²) in [6, 6.07) is 0. The second-order valence-electron chi connectivity index (χ2n) is 5.99. The number of nitrogens with one attached hydrogen (secondary N) is 1. The minimum Gasteiger partial charge on any atom is -0.356 e. The zero-order chi connectivity index (χ0) is 16.7. The number of guanidine groups is 1. The van der Waals surface area contributed by atoms with Gasteiger partial charge in [0.05, 0.1) is 0 Å². The Kier molecular flexibility index (Phi) is 10.0. The van der Waals surface area contributed by atoms with Gasteiger partial charge < -0.3 is 14.8 Å². The summed E-state index contributed by atoms with van der Waals surface area (Å²) < 4.78 is 2.01. The van der Waals surface area contributed by atoms with Crippen molar-refractivity contribution in [3.63, 3.8) is 0 Å². The predicted octanol–water partition coefficient (Wildman–Crippen LogP) is 2.81. The summed E-state index contributed by atoms with van der Waals surface area (Å²) in [6.07, 6.45) is 3.57. The van der Waals surface area contributed by atoms with Gasteiger partial charge in [-0.1, -0.05) is 20.3 Å². The summed E-state index contributed by atoms with van der Waals surface area (Å²) in [5.41, 5.74) is 0. The van der Waals surface area contributed by atoms with E-state index in [4.69, 9.17) is 4.99 Å². The van der Waals surface area contributed by atoms with Crippen LogP contribution >= 0.6 is 35.7 Å². The number of halogens is 1. The minimum absolute atomic E-state index is 0. The lowest BCUT2D eigenvalue weighted by Gasteiger charge is -2.34. The summed E-state index contributed by atoms with van der Waals surface area (Å²) in [4.78, 5) is 7.24. The summed E-state index contributed by atoms with van der Waals surface area (Å²) in [7, 11) is 2.00. The standard InChI is InChI=1S/C16H30N6S.HI/c1-5-7-8-17-16(22-9-10-23-14(6-2)12-22)18-11-15-20-19-13(3)21(15)4;/h14H,5-12H2,1-4H3,(H,17,18);1H. The third-order valence-electron chi connectivity index (χ3n) is 4.26. The molecule has 138 valence electrons. The molecule has 0 spiro atoms. The van der Waals surface area contributed by atoms with E-state index in [1.807, 2.05) is 18.5 Å². The van der Waals surface area contributed by atoms with Crippen LogP contribution in [0.4, 0.5) is 0 Å². The van der Waals surface area contributed by atoms with Crippen molar-refractivity contribution < 1.29 is 0 Å². The van der Waals surface area contributed by atoms with Crippen LogP contribution in [0.3, 0.4) is 0 Å². The molecule has 0 saturated carbocycles. The topological polar surface area (TPSA) is 58.3 Å². The van der Waals surface area contributed by atoms with E-state index < -0.39 is 0 Å². The Labute approximate surface area is 167 Å². The number of aromatic nitrogens is 3. The Hall–Kier alpha value is -0.510. The number of unbranched alkanes of at least 4 members (excludes halogenated alkanes) is 1. The fourth-order valence-corrected chi connectivity index (χ4v) is 3.72. The van der Waals surface area contributed by atoms with Crippen LogP contribution < -0.4 is 5.32 Å². The molecule has 8 heteroatoms. The molecule has 6 nitrogen and oxygen atoms in total. The van der Waals surface area contributed by atoms with Gasteiger partial charge in [-0.15, -0.1) is 34.2 Å². The zero-order valence-corrected chi connectivity index (χ0v) is 18.4. The van der Waals surface area contributed by atoms with Crippen LogP contribution in [-0.2, 0) is 13.6 Å². The Bertz CT molecular complexity index is 519. The molecule has 1 N–H and O–H groups in total. The van der Waals surface area contributed by atoms with Crippen molar-refractivity contribution in [1.82, 2.24) is 25.0 Å². The second-order valence-corrected chi connectivity index (χ2v) is 7.40. The van der Waals surface area contributed by atoms with Gasteiger partial charge in [-0.2, -0.15) is 11.8 Å². The molecule has 1 unspecified atom stereocenters. The number of nitrogens with zero attached hydrogens (tertiary/aromatic N) is 5. The van der Waals surface area contributed by atoms with Crippen molar-refractivity contribution in [2.24, 2.45) is 12.0 Å². The highest BCUT2D eigenvalue weighted by Gasteiger charge is 2.21. The first kappa shape index (κ1) is 21.5. The Morgan fingerprint density at radius 1 is 1.38 bits per heavy atom. The Morgan fingerprint density at radius 3 is 2.79 bits per heavy atom. The monoisotopic (exact) mass is 466 g/mol. The maximum atomic E-state index is 4.83. The normalized spacial score (nSPS) is 18.4. The fraction of sp³-hybridized carbons (Fsp3) is 0.812. The van der Waals surface area contributed by atoms with E-state index in [1.54, 1.807) is 0 Å². The number of thioether (sulfide) groups is 1. The van der Waals surface area contributed by atoms with E-state index in [0.717, 1.165) is 37.2 Å². The van der Waals surface area contributed by atoms with Gasteiger partial charge >= 0.3 is 0 Å². The molecular weight excluding hydrogens is 435 g/mol. The quantitative estimate of drug-likeness (QED) is 0.303. The van der Waals surface area contributed by atoms with Crippen molar-refractivity contribution in [1.29, 1.82) is 0 Å². The van der Waals surface area contributed by atoms with Crippen molar-refractivity contribution in [3.05, 3.63) is 11.6 Å². The SMILES string of the molecule is CCCCNC(=NCc1nnc(C)n1C)N1CCSC(CC)C1.I. The number of aryl methyl sites for hydroxylation is 1. The predicted molar refractivity (Wildman–Crippen MR) is 113 cm³/mol. The van der Waals surface area contributed by atoms with Crippen LogP contribution in [0.1, 0.15) is 44.8 Å². The molecule has 1 aliphatic rings. The zero-order valence-electron chi connectivity index (χ0n) is 15.3. The molecule has 0 aliphatic carbocycles. The van der Waals surface area contributed by atoms with Gasteiger partial charge in [0.1, 0.15) is 12.4 Å². The molecule has 24 heavy (non-hydrogen) atoms. The van der Waals surface area contributed by atoms with E-state index in [2.05, 4.69) is 46.0 Å². The fourth-order valence-electron chi connectivity index (χ4n) is 2.54. The van der Waals surface area contributed by atoms with Gasteiger partial charge in [0, 0.05) is 37.7 Å². The molecule has 0 radical (unpaired) electrons. The lowest BCUT2D eigenvalue weighted by molar-refractivity contribution is 0.406. The maximum Gasteiger partial charge on any atom is 0.194 e. The lowest BCUT2D eigenvalue weighted by Crippen LogP contribution is -2.48. The summed E-state index contributed by atoms with van der Waals surface area (Å²) >= 11 is 2.08. The first-order chi connectivity index (χ1) is 11.2. The molecule has 2 rings (SSSR count). The van der Waals surface area contributed by atoms with Gasteiger partial charge in [0.15, 0.2) is 11.8 Å². The van der Waals surface area contributed by atoms with E-state index in [9.17, 15) is 0 Å². The first-order valence-electron chi connectivity index (χ1n) is 8.65. The van der Waals surface area contributed by atoms with E-state index in [0.29, 0.717) is 11.8 Å². The highest BCUT2D eigenvalue weighted by Crippen LogP contribution is 2.21. The molecule has 0 amide bonds. The molecule has 1 fully saturated rings. The molecule has 1 aromatic rings. The minimum atomic E-state index is 0. The van der Waals surface area contributed by atoms with Crippen LogP contribution in [0, 0.1) is 6.92 Å². The summed E-state index contributed by atoms with van der Waals surface area (Å²) in [5.74, 6) is 4.04. The molecular formula is C16H31IN6S. The number of hydrogen-bond donors (Lipinski definition) is 1. The Morgan fingerprint density at radius 2 is 2.17 bits per heavy atom. The van der Waals surface area contributed by atoms with Crippen LogP contribution in [0.25, 0.3) is 0 Å². The third kappa shape index (κ3) is 6.09. The number of aliphatic imine (C=N–C) groups is 1. The highest BCUT2D eigenvalue weighted by molar-refractivity contribution is 14.0. The number of rotatable bonds is 6. The highest BCUT2D eigenvalue weighted by atomic mass is 127. The molecule has 1 saturated heterocycles. The largest absolute Gasteiger partial charge is 0.356 e. The van der Waals surface area contributed by atoms with Gasteiger partial charge in [0.2, 0.25) is 0 Å². The third-order valence-corrected chi connectivity index (χ3v) is 5.63. The Balaban J connectivity index is 0.00000288. The number of hydrogen-bond acceptors (Lipinski definition) is 4. The second kappa shape index (κ2) is 11.2. The van der Waals surface area contributed by atoms with Gasteiger partial charge in [-0.25, -0.2) is 4.99 Å². The van der Waals surface area contributed by atoms with E-state index in [1.165, 1.54) is 25.0 Å². The van der Waals surface area contributed by atoms with Gasteiger partial charge in [-0.05, 0) is 19.8 Å². The lowest BCUT2D eigenvalue weighted by atomic mass is 10.3. The molecule has 1 aromatic heterocycles. The average molecular weight is 466 g/mol. The average Bonchev–Trinajstić information content (AvgIpc) is 2.90. The molecule has 0 bridgehead atoms. The smallest absolute Gasteiger partial charge is 0.194 e. The van der Waals surface area contributed by atoms with Crippen LogP contribution in [0.5, 0.6) is 0 Å². The van der Waals surface area contributed by atoms with Crippen molar-refractivity contribution in [3.8, 4) is 0 Å². The van der Waals surface area contributed by atoms with Crippen molar-refractivity contribution >= 4 is 41.7 Å². The molecule has 2 heterocycles. The van der Waals surface area contributed by atoms with E-state index in [-0.39, 0.29) is 24.0 Å². The van der Waals surface area contributed by atoms with Gasteiger partial charge in [0.25, 0.3) is 0 Å². The van der Waals surface area contributed by atoms with Crippen LogP contribution in [0.2, 0.25) is 0 Å². The van der Waals surface area contributed by atoms with Gasteiger partial charge in [-0.3, -0.25) is 0 Å². The molecule has 1 atom stereocenters. The van der Waals surface area contributed by atoms with Crippen LogP contribution in [-0.4, -0.2) is 56.3 Å². The first-order valence-corrected chi connectivity index (χ1v) is 9.70. The van der Waals surface area contributed by atoms with E-state index >= 15 is 0 Å². The molecule has 1 aliphatic heterocycles. The van der Waals surface area contributed by atoms with Crippen molar-refractivity contribution in [2.75, 3.05) is 25.4 Å². The van der Waals surface area contributed by atoms with Crippen LogP contribution in [0.15, 0.2) is 4.99 Å².